The molecule has 0 unspecified atom stereocenters. The van der Waals surface area contributed by atoms with Crippen LogP contribution in [-0.2, 0) is 11.3 Å². The highest BCUT2D eigenvalue weighted by atomic mass is 16.4. The molecule has 0 atom stereocenters. The van der Waals surface area contributed by atoms with Crippen LogP contribution in [0, 0.1) is 0 Å². The number of nitrogens with zero attached hydrogens (tertiary/aromatic N) is 2. The van der Waals surface area contributed by atoms with Crippen molar-refractivity contribution in [2.45, 2.75) is 52.1 Å². The number of anilines is 1. The molecule has 2 N–H and O–H groups in total. The minimum Gasteiger partial charge on any atom is -0.480 e. The van der Waals surface area contributed by atoms with Gasteiger partial charge in [0, 0.05) is 25.8 Å². The number of hydrogen-bond donors (Lipinski definition) is 2. The topological polar surface area (TPSA) is 65.5 Å². The smallest absolute Gasteiger partial charge is 0.323 e. The van der Waals surface area contributed by atoms with Crippen molar-refractivity contribution in [2.75, 3.05) is 18.5 Å². The van der Waals surface area contributed by atoms with Gasteiger partial charge in [0.25, 0.3) is 0 Å². The predicted molar refractivity (Wildman–Crippen MR) is 85.6 cm³/mol. The van der Waals surface area contributed by atoms with E-state index in [1.165, 1.54) is 25.7 Å². The van der Waals surface area contributed by atoms with E-state index in [0.717, 1.165) is 12.1 Å². The lowest BCUT2D eigenvalue weighted by molar-refractivity contribution is -0.135. The van der Waals surface area contributed by atoms with E-state index in [1.807, 2.05) is 18.3 Å². The second kappa shape index (κ2) is 9.34. The van der Waals surface area contributed by atoms with Gasteiger partial charge in [-0.25, -0.2) is 4.98 Å². The SMILES string of the molecule is CCCC(CCC)NCc1ccc(N(C)CC(=O)O)nc1. The number of nitrogens with one attached hydrogen (secondary N) is 1. The fraction of sp³-hybridized carbons (Fsp3) is 0.625. The first-order valence-corrected chi connectivity index (χ1v) is 7.68. The molecule has 0 aliphatic heterocycles. The summed E-state index contributed by atoms with van der Waals surface area (Å²) in [6.07, 6.45) is 6.58. The summed E-state index contributed by atoms with van der Waals surface area (Å²) in [6, 6.07) is 4.44. The molecule has 0 amide bonds. The second-order valence-electron chi connectivity index (χ2n) is 5.43. The molecule has 0 aromatic carbocycles. The van der Waals surface area contributed by atoms with Gasteiger partial charge in [-0.15, -0.1) is 0 Å². The van der Waals surface area contributed by atoms with Crippen LogP contribution in [0.25, 0.3) is 0 Å². The highest BCUT2D eigenvalue weighted by molar-refractivity contribution is 5.72. The highest BCUT2D eigenvalue weighted by Gasteiger charge is 2.08. The van der Waals surface area contributed by atoms with Gasteiger partial charge < -0.3 is 15.3 Å². The van der Waals surface area contributed by atoms with Gasteiger partial charge in [0.2, 0.25) is 0 Å². The molecule has 0 saturated carbocycles. The summed E-state index contributed by atoms with van der Waals surface area (Å²) in [7, 11) is 1.73. The van der Waals surface area contributed by atoms with E-state index >= 15 is 0 Å². The van der Waals surface area contributed by atoms with Crippen LogP contribution in [0.1, 0.15) is 45.1 Å². The van der Waals surface area contributed by atoms with Crippen LogP contribution in [0.2, 0.25) is 0 Å². The Kier molecular flexibility index (Phi) is 7.75. The van der Waals surface area contributed by atoms with Crippen molar-refractivity contribution in [3.05, 3.63) is 23.9 Å². The second-order valence-corrected chi connectivity index (χ2v) is 5.43. The minimum atomic E-state index is -0.855. The first kappa shape index (κ1) is 17.4. The molecule has 0 aliphatic carbocycles. The van der Waals surface area contributed by atoms with E-state index in [1.54, 1.807) is 11.9 Å². The van der Waals surface area contributed by atoms with Crippen molar-refractivity contribution in [1.29, 1.82) is 0 Å². The summed E-state index contributed by atoms with van der Waals surface area (Å²) in [4.78, 5) is 16.6. The number of carboxylic acid groups (broad SMARTS) is 1. The average molecular weight is 293 g/mol. The zero-order chi connectivity index (χ0) is 15.7. The van der Waals surface area contributed by atoms with Crippen LogP contribution in [-0.4, -0.2) is 35.7 Å². The third-order valence-corrected chi connectivity index (χ3v) is 3.44. The van der Waals surface area contributed by atoms with Crippen molar-refractivity contribution in [1.82, 2.24) is 10.3 Å². The van der Waals surface area contributed by atoms with Crippen molar-refractivity contribution in [3.8, 4) is 0 Å². The van der Waals surface area contributed by atoms with Crippen molar-refractivity contribution < 1.29 is 9.90 Å². The van der Waals surface area contributed by atoms with Gasteiger partial charge in [-0.3, -0.25) is 4.79 Å². The Bertz CT molecular complexity index is 414. The summed E-state index contributed by atoms with van der Waals surface area (Å²) in [5, 5.41) is 12.3. The van der Waals surface area contributed by atoms with Gasteiger partial charge >= 0.3 is 5.97 Å². The monoisotopic (exact) mass is 293 g/mol. The minimum absolute atomic E-state index is 0.0420. The third kappa shape index (κ3) is 6.58. The molecule has 0 saturated heterocycles. The van der Waals surface area contributed by atoms with Crippen LogP contribution >= 0.6 is 0 Å². The van der Waals surface area contributed by atoms with E-state index in [9.17, 15) is 4.79 Å². The normalized spacial score (nSPS) is 10.9. The predicted octanol–water partition coefficient (Wildman–Crippen LogP) is 2.66. The van der Waals surface area contributed by atoms with Crippen LogP contribution in [0.5, 0.6) is 0 Å². The number of pyridine rings is 1. The van der Waals surface area contributed by atoms with E-state index in [-0.39, 0.29) is 6.54 Å². The number of likely N-dealkylation sites (N-methyl/N-ethyl adjacent to an activating group) is 1. The molecule has 1 aromatic heterocycles. The van der Waals surface area contributed by atoms with Crippen LogP contribution in [0.4, 0.5) is 5.82 Å². The standard InChI is InChI=1S/C16H27N3O2/c1-4-6-14(7-5-2)17-10-13-8-9-15(18-11-13)19(3)12-16(20)21/h8-9,11,14,17H,4-7,10,12H2,1-3H3,(H,20,21). The molecular formula is C16H27N3O2. The van der Waals surface area contributed by atoms with Crippen LogP contribution in [0.3, 0.4) is 0 Å². The lowest BCUT2D eigenvalue weighted by atomic mass is 10.1. The highest BCUT2D eigenvalue weighted by Crippen LogP contribution is 2.11. The molecule has 5 heteroatoms. The zero-order valence-corrected chi connectivity index (χ0v) is 13.3. The molecule has 1 aromatic rings. The lowest BCUT2D eigenvalue weighted by Gasteiger charge is -2.18. The van der Waals surface area contributed by atoms with E-state index in [2.05, 4.69) is 24.1 Å². The largest absolute Gasteiger partial charge is 0.480 e. The van der Waals surface area contributed by atoms with E-state index in [4.69, 9.17) is 5.11 Å². The Balaban J connectivity index is 2.51. The van der Waals surface area contributed by atoms with Crippen molar-refractivity contribution in [3.63, 3.8) is 0 Å². The van der Waals surface area contributed by atoms with Gasteiger partial charge in [-0.2, -0.15) is 0 Å². The molecule has 118 valence electrons. The molecule has 1 heterocycles. The Hall–Kier alpha value is -1.62. The molecule has 21 heavy (non-hydrogen) atoms. The Morgan fingerprint density at radius 1 is 1.33 bits per heavy atom. The molecule has 0 aliphatic rings. The van der Waals surface area contributed by atoms with Crippen molar-refractivity contribution in [2.24, 2.45) is 0 Å². The maximum Gasteiger partial charge on any atom is 0.323 e. The number of carbonyl (C=O) groups is 1. The number of aromatic nitrogens is 1. The quantitative estimate of drug-likeness (QED) is 0.694. The third-order valence-electron chi connectivity index (χ3n) is 3.44. The van der Waals surface area contributed by atoms with Gasteiger partial charge in [0.1, 0.15) is 12.4 Å². The fourth-order valence-electron chi connectivity index (χ4n) is 2.34. The summed E-state index contributed by atoms with van der Waals surface area (Å²) >= 11 is 0. The van der Waals surface area contributed by atoms with Gasteiger partial charge in [-0.1, -0.05) is 32.8 Å². The Morgan fingerprint density at radius 3 is 2.48 bits per heavy atom. The van der Waals surface area contributed by atoms with Gasteiger partial charge in [0.05, 0.1) is 0 Å². The van der Waals surface area contributed by atoms with E-state index < -0.39 is 5.97 Å². The summed E-state index contributed by atoms with van der Waals surface area (Å²) in [6.45, 7) is 5.18. The molecular weight excluding hydrogens is 266 g/mol. The average Bonchev–Trinajstić information content (AvgIpc) is 2.45. The lowest BCUT2D eigenvalue weighted by Crippen LogP contribution is -2.28. The van der Waals surface area contributed by atoms with Crippen LogP contribution in [0.15, 0.2) is 18.3 Å². The maximum atomic E-state index is 10.7. The Morgan fingerprint density at radius 2 is 2.00 bits per heavy atom. The van der Waals surface area contributed by atoms with E-state index in [0.29, 0.717) is 11.9 Å². The summed E-state index contributed by atoms with van der Waals surface area (Å²) < 4.78 is 0. The molecule has 0 spiro atoms. The molecule has 0 bridgehead atoms. The van der Waals surface area contributed by atoms with Gasteiger partial charge in [0.15, 0.2) is 0 Å². The molecule has 0 radical (unpaired) electrons. The first-order chi connectivity index (χ1) is 10.1. The zero-order valence-electron chi connectivity index (χ0n) is 13.3. The summed E-state index contributed by atoms with van der Waals surface area (Å²) in [5.74, 6) is -0.174. The fourth-order valence-corrected chi connectivity index (χ4v) is 2.34. The number of aliphatic carboxylic acids is 1. The first-order valence-electron chi connectivity index (χ1n) is 7.68. The summed E-state index contributed by atoms with van der Waals surface area (Å²) in [5.41, 5.74) is 1.12. The molecule has 1 rings (SSSR count). The number of rotatable bonds is 10. The number of hydrogen-bond acceptors (Lipinski definition) is 4. The number of carboxylic acids is 1. The van der Waals surface area contributed by atoms with Gasteiger partial charge in [-0.05, 0) is 24.5 Å². The molecule has 5 nitrogen and oxygen atoms in total. The van der Waals surface area contributed by atoms with Crippen molar-refractivity contribution >= 4 is 11.8 Å². The van der Waals surface area contributed by atoms with Crippen LogP contribution < -0.4 is 10.2 Å². The molecule has 0 fully saturated rings. The Labute approximate surface area is 127 Å². The maximum absolute atomic E-state index is 10.7.